The Morgan fingerprint density at radius 3 is 2.52 bits per heavy atom. The van der Waals surface area contributed by atoms with Gasteiger partial charge in [0.2, 0.25) is 0 Å². The number of benzene rings is 1. The van der Waals surface area contributed by atoms with Gasteiger partial charge in [-0.2, -0.15) is 0 Å². The second-order valence-electron chi connectivity index (χ2n) is 5.94. The summed E-state index contributed by atoms with van der Waals surface area (Å²) in [6.45, 7) is 10.5. The van der Waals surface area contributed by atoms with Gasteiger partial charge in [-0.15, -0.1) is 24.0 Å². The summed E-state index contributed by atoms with van der Waals surface area (Å²) in [6.07, 6.45) is 2.42. The van der Waals surface area contributed by atoms with E-state index in [9.17, 15) is 0 Å². The molecule has 2 N–H and O–H groups in total. The SMILES string of the molecule is CCNC(=NCC1CCN(CCc2ccccc2)C1)NCC.I. The quantitative estimate of drug-likeness (QED) is 0.397. The van der Waals surface area contributed by atoms with E-state index in [0.29, 0.717) is 5.92 Å². The summed E-state index contributed by atoms with van der Waals surface area (Å²) in [6, 6.07) is 10.8. The molecular weight excluding hydrogens is 399 g/mol. The third-order valence-electron chi connectivity index (χ3n) is 4.13. The second-order valence-corrected chi connectivity index (χ2v) is 5.94. The first-order valence-electron chi connectivity index (χ1n) is 8.60. The van der Waals surface area contributed by atoms with Gasteiger partial charge in [-0.3, -0.25) is 4.99 Å². The van der Waals surface area contributed by atoms with Crippen LogP contribution in [-0.4, -0.2) is 50.1 Å². The summed E-state index contributed by atoms with van der Waals surface area (Å²) in [5.41, 5.74) is 1.44. The van der Waals surface area contributed by atoms with Gasteiger partial charge in [-0.25, -0.2) is 0 Å². The highest BCUT2D eigenvalue weighted by Gasteiger charge is 2.21. The lowest BCUT2D eigenvalue weighted by Crippen LogP contribution is -2.37. The van der Waals surface area contributed by atoms with Gasteiger partial charge in [-0.05, 0) is 44.7 Å². The molecule has 1 saturated heterocycles. The van der Waals surface area contributed by atoms with Crippen molar-refractivity contribution < 1.29 is 0 Å². The number of nitrogens with one attached hydrogen (secondary N) is 2. The van der Waals surface area contributed by atoms with E-state index in [-0.39, 0.29) is 24.0 Å². The second kappa shape index (κ2) is 11.7. The van der Waals surface area contributed by atoms with Gasteiger partial charge in [0.05, 0.1) is 0 Å². The highest BCUT2D eigenvalue weighted by atomic mass is 127. The summed E-state index contributed by atoms with van der Waals surface area (Å²) in [4.78, 5) is 7.28. The van der Waals surface area contributed by atoms with Gasteiger partial charge in [0, 0.05) is 32.7 Å². The van der Waals surface area contributed by atoms with Crippen molar-refractivity contribution in [2.75, 3.05) is 39.3 Å². The number of likely N-dealkylation sites (tertiary alicyclic amines) is 1. The van der Waals surface area contributed by atoms with Gasteiger partial charge in [0.25, 0.3) is 0 Å². The van der Waals surface area contributed by atoms with E-state index in [1.54, 1.807) is 0 Å². The average molecular weight is 430 g/mol. The molecule has 1 aliphatic heterocycles. The standard InChI is InChI=1S/C18H30N4.HI/c1-3-19-18(20-4-2)21-14-17-11-13-22(15-17)12-10-16-8-6-5-7-9-16;/h5-9,17H,3-4,10-15H2,1-2H3,(H2,19,20,21);1H. The van der Waals surface area contributed by atoms with E-state index < -0.39 is 0 Å². The molecule has 0 saturated carbocycles. The summed E-state index contributed by atoms with van der Waals surface area (Å²) in [5, 5.41) is 6.58. The van der Waals surface area contributed by atoms with E-state index in [0.717, 1.165) is 38.6 Å². The van der Waals surface area contributed by atoms with E-state index in [1.807, 2.05) is 0 Å². The van der Waals surface area contributed by atoms with Crippen LogP contribution in [0.5, 0.6) is 0 Å². The summed E-state index contributed by atoms with van der Waals surface area (Å²) in [5.74, 6) is 1.65. The molecule has 4 nitrogen and oxygen atoms in total. The van der Waals surface area contributed by atoms with Gasteiger partial charge < -0.3 is 15.5 Å². The summed E-state index contributed by atoms with van der Waals surface area (Å²) >= 11 is 0. The minimum Gasteiger partial charge on any atom is -0.357 e. The zero-order valence-electron chi connectivity index (χ0n) is 14.4. The molecule has 0 spiro atoms. The molecule has 1 heterocycles. The first-order chi connectivity index (χ1) is 10.8. The molecule has 130 valence electrons. The van der Waals surface area contributed by atoms with Gasteiger partial charge in [-0.1, -0.05) is 30.3 Å². The largest absolute Gasteiger partial charge is 0.357 e. The minimum atomic E-state index is 0. The molecule has 0 radical (unpaired) electrons. The molecule has 0 bridgehead atoms. The maximum Gasteiger partial charge on any atom is 0.191 e. The fourth-order valence-electron chi connectivity index (χ4n) is 2.93. The fourth-order valence-corrected chi connectivity index (χ4v) is 2.93. The van der Waals surface area contributed by atoms with Crippen LogP contribution in [0.1, 0.15) is 25.8 Å². The number of rotatable bonds is 7. The molecule has 1 aromatic carbocycles. The molecule has 1 unspecified atom stereocenters. The van der Waals surface area contributed by atoms with Crippen LogP contribution in [0, 0.1) is 5.92 Å². The zero-order valence-corrected chi connectivity index (χ0v) is 16.8. The monoisotopic (exact) mass is 430 g/mol. The van der Waals surface area contributed by atoms with Crippen molar-refractivity contribution in [3.05, 3.63) is 35.9 Å². The smallest absolute Gasteiger partial charge is 0.191 e. The Bertz CT molecular complexity index is 442. The van der Waals surface area contributed by atoms with E-state index in [1.165, 1.54) is 25.1 Å². The Morgan fingerprint density at radius 1 is 1.17 bits per heavy atom. The summed E-state index contributed by atoms with van der Waals surface area (Å²) in [7, 11) is 0. The average Bonchev–Trinajstić information content (AvgIpc) is 3.00. The van der Waals surface area contributed by atoms with Crippen LogP contribution in [0.4, 0.5) is 0 Å². The molecule has 0 aromatic heterocycles. The first-order valence-corrected chi connectivity index (χ1v) is 8.60. The number of halogens is 1. The highest BCUT2D eigenvalue weighted by Crippen LogP contribution is 2.17. The van der Waals surface area contributed by atoms with Crippen LogP contribution in [0.3, 0.4) is 0 Å². The van der Waals surface area contributed by atoms with Crippen LogP contribution < -0.4 is 10.6 Å². The molecule has 1 aliphatic rings. The molecule has 5 heteroatoms. The number of guanidine groups is 1. The molecule has 1 fully saturated rings. The Balaban J connectivity index is 0.00000264. The van der Waals surface area contributed by atoms with Crippen LogP contribution >= 0.6 is 24.0 Å². The third kappa shape index (κ3) is 7.52. The lowest BCUT2D eigenvalue weighted by atomic mass is 10.1. The van der Waals surface area contributed by atoms with Gasteiger partial charge in [0.15, 0.2) is 5.96 Å². The van der Waals surface area contributed by atoms with Crippen LogP contribution in [-0.2, 0) is 6.42 Å². The Morgan fingerprint density at radius 2 is 1.87 bits per heavy atom. The third-order valence-corrected chi connectivity index (χ3v) is 4.13. The van der Waals surface area contributed by atoms with Crippen molar-refractivity contribution in [3.8, 4) is 0 Å². The molecule has 0 aliphatic carbocycles. The van der Waals surface area contributed by atoms with E-state index >= 15 is 0 Å². The van der Waals surface area contributed by atoms with Crippen LogP contribution in [0.2, 0.25) is 0 Å². The number of aliphatic imine (C=N–C) groups is 1. The molecular formula is C18H31IN4. The first kappa shape index (κ1) is 20.2. The molecule has 0 amide bonds. The minimum absolute atomic E-state index is 0. The van der Waals surface area contributed by atoms with Crippen molar-refractivity contribution in [1.82, 2.24) is 15.5 Å². The molecule has 1 atom stereocenters. The highest BCUT2D eigenvalue weighted by molar-refractivity contribution is 14.0. The van der Waals surface area contributed by atoms with Crippen molar-refractivity contribution >= 4 is 29.9 Å². The number of hydrogen-bond donors (Lipinski definition) is 2. The van der Waals surface area contributed by atoms with E-state index in [4.69, 9.17) is 4.99 Å². The molecule has 1 aromatic rings. The molecule has 23 heavy (non-hydrogen) atoms. The maximum absolute atomic E-state index is 4.71. The normalized spacial score (nSPS) is 17.4. The Kier molecular flexibility index (Phi) is 10.3. The van der Waals surface area contributed by atoms with Crippen LogP contribution in [0.25, 0.3) is 0 Å². The summed E-state index contributed by atoms with van der Waals surface area (Å²) < 4.78 is 0. The zero-order chi connectivity index (χ0) is 15.6. The van der Waals surface area contributed by atoms with Crippen molar-refractivity contribution in [3.63, 3.8) is 0 Å². The van der Waals surface area contributed by atoms with Crippen molar-refractivity contribution in [2.45, 2.75) is 26.7 Å². The number of nitrogens with zero attached hydrogens (tertiary/aromatic N) is 2. The Hall–Kier alpha value is -0.820. The van der Waals surface area contributed by atoms with Gasteiger partial charge in [0.1, 0.15) is 0 Å². The maximum atomic E-state index is 4.71. The lowest BCUT2D eigenvalue weighted by Gasteiger charge is -2.16. The number of hydrogen-bond acceptors (Lipinski definition) is 2. The van der Waals surface area contributed by atoms with Crippen molar-refractivity contribution in [1.29, 1.82) is 0 Å². The van der Waals surface area contributed by atoms with Crippen LogP contribution in [0.15, 0.2) is 35.3 Å². The lowest BCUT2D eigenvalue weighted by molar-refractivity contribution is 0.329. The molecule has 2 rings (SSSR count). The fraction of sp³-hybridized carbons (Fsp3) is 0.611. The topological polar surface area (TPSA) is 39.7 Å². The predicted octanol–water partition coefficient (Wildman–Crippen LogP) is 2.74. The Labute approximate surface area is 158 Å². The van der Waals surface area contributed by atoms with Gasteiger partial charge >= 0.3 is 0 Å². The van der Waals surface area contributed by atoms with E-state index in [2.05, 4.69) is 59.7 Å². The van der Waals surface area contributed by atoms with Crippen molar-refractivity contribution in [2.24, 2.45) is 10.9 Å². The predicted molar refractivity (Wildman–Crippen MR) is 110 cm³/mol.